The number of ether oxygens (including phenoxy) is 2. The summed E-state index contributed by atoms with van der Waals surface area (Å²) in [5.41, 5.74) is 13.5. The second-order valence-corrected chi connectivity index (χ2v) is 8.39. The number of nitrogens with zero attached hydrogens (tertiary/aromatic N) is 2. The van der Waals surface area contributed by atoms with Gasteiger partial charge in [0.05, 0.1) is 24.2 Å². The molecule has 2 saturated carbocycles. The summed E-state index contributed by atoms with van der Waals surface area (Å²) >= 11 is 0. The second kappa shape index (κ2) is 8.93. The van der Waals surface area contributed by atoms with Crippen LogP contribution in [0.25, 0.3) is 0 Å². The lowest BCUT2D eigenvalue weighted by atomic mass is 9.68. The largest absolute Gasteiger partial charge is 0.493 e. The number of methoxy groups -OCH3 is 1. The van der Waals surface area contributed by atoms with E-state index >= 15 is 0 Å². The Bertz CT molecular complexity index is 918. The van der Waals surface area contributed by atoms with Gasteiger partial charge in [-0.05, 0) is 69.1 Å². The van der Waals surface area contributed by atoms with Crippen molar-refractivity contribution in [1.29, 1.82) is 0 Å². The Hall–Kier alpha value is -2.78. The van der Waals surface area contributed by atoms with Crippen LogP contribution in [0.2, 0.25) is 0 Å². The highest BCUT2D eigenvalue weighted by atomic mass is 16.5. The summed E-state index contributed by atoms with van der Waals surface area (Å²) in [5, 5.41) is 0. The quantitative estimate of drug-likeness (QED) is 0.754. The molecule has 1 heterocycles. The van der Waals surface area contributed by atoms with E-state index in [0.29, 0.717) is 0 Å². The molecule has 2 aromatic rings. The lowest BCUT2D eigenvalue weighted by Crippen LogP contribution is -2.36. The number of nitrogen functional groups attached to an aromatic ring is 1. The number of hydrogen-bond donors (Lipinski definition) is 2. The van der Waals surface area contributed by atoms with Crippen LogP contribution in [0.5, 0.6) is 11.5 Å². The van der Waals surface area contributed by atoms with Crippen molar-refractivity contribution >= 4 is 5.95 Å². The number of aromatic nitrogens is 2. The third-order valence-electron chi connectivity index (χ3n) is 6.31. The Labute approximate surface area is 178 Å². The fourth-order valence-corrected chi connectivity index (χ4v) is 4.47. The SMILES string of the molecule is COc1ccc([C@]2(C#Cc3cnc(N)nc3)CC[C@H](N)CC2)cc1OC1CCCC1. The third kappa shape index (κ3) is 4.52. The molecule has 30 heavy (non-hydrogen) atoms. The minimum atomic E-state index is -0.280. The molecule has 0 radical (unpaired) electrons. The molecule has 2 aliphatic rings. The van der Waals surface area contributed by atoms with Crippen LogP contribution in [0.15, 0.2) is 30.6 Å². The summed E-state index contributed by atoms with van der Waals surface area (Å²) in [4.78, 5) is 8.10. The average molecular weight is 407 g/mol. The van der Waals surface area contributed by atoms with Crippen LogP contribution in [0.1, 0.15) is 62.5 Å². The monoisotopic (exact) mass is 406 g/mol. The summed E-state index contributed by atoms with van der Waals surface area (Å²) in [6.07, 6.45) is 12.0. The van der Waals surface area contributed by atoms with Crippen molar-refractivity contribution in [2.45, 2.75) is 68.9 Å². The molecular weight excluding hydrogens is 376 g/mol. The highest BCUT2D eigenvalue weighted by Crippen LogP contribution is 2.42. The number of hydrogen-bond acceptors (Lipinski definition) is 6. The molecule has 0 saturated heterocycles. The van der Waals surface area contributed by atoms with Crippen LogP contribution in [0.3, 0.4) is 0 Å². The molecule has 4 N–H and O–H groups in total. The molecule has 0 amide bonds. The van der Waals surface area contributed by atoms with Gasteiger partial charge in [-0.25, -0.2) is 9.97 Å². The topological polar surface area (TPSA) is 96.3 Å². The van der Waals surface area contributed by atoms with Gasteiger partial charge in [-0.1, -0.05) is 17.9 Å². The molecule has 0 spiro atoms. The van der Waals surface area contributed by atoms with Crippen molar-refractivity contribution in [3.05, 3.63) is 41.7 Å². The predicted molar refractivity (Wildman–Crippen MR) is 117 cm³/mol. The van der Waals surface area contributed by atoms with Crippen molar-refractivity contribution in [1.82, 2.24) is 9.97 Å². The number of nitrogens with two attached hydrogens (primary N) is 2. The minimum Gasteiger partial charge on any atom is -0.493 e. The van der Waals surface area contributed by atoms with Gasteiger partial charge in [-0.15, -0.1) is 0 Å². The zero-order valence-electron chi connectivity index (χ0n) is 17.6. The zero-order valence-corrected chi connectivity index (χ0v) is 17.6. The van der Waals surface area contributed by atoms with Crippen molar-refractivity contribution in [3.63, 3.8) is 0 Å². The second-order valence-electron chi connectivity index (χ2n) is 8.39. The van der Waals surface area contributed by atoms with E-state index in [1.54, 1.807) is 19.5 Å². The molecule has 158 valence electrons. The molecule has 6 nitrogen and oxygen atoms in total. The maximum Gasteiger partial charge on any atom is 0.219 e. The van der Waals surface area contributed by atoms with Crippen LogP contribution in [-0.2, 0) is 5.41 Å². The van der Waals surface area contributed by atoms with E-state index in [2.05, 4.69) is 33.9 Å². The highest BCUT2D eigenvalue weighted by molar-refractivity contribution is 5.49. The van der Waals surface area contributed by atoms with Crippen LogP contribution in [0, 0.1) is 11.8 Å². The zero-order chi connectivity index (χ0) is 21.0. The van der Waals surface area contributed by atoms with Crippen LogP contribution < -0.4 is 20.9 Å². The first-order chi connectivity index (χ1) is 14.6. The fourth-order valence-electron chi connectivity index (χ4n) is 4.47. The number of benzene rings is 1. The molecule has 1 aromatic carbocycles. The summed E-state index contributed by atoms with van der Waals surface area (Å²) in [7, 11) is 1.69. The van der Waals surface area contributed by atoms with Crippen LogP contribution in [-0.4, -0.2) is 29.2 Å². The molecule has 0 unspecified atom stereocenters. The normalized spacial score (nSPS) is 24.1. The van der Waals surface area contributed by atoms with E-state index in [1.807, 2.05) is 6.07 Å². The maximum absolute atomic E-state index is 6.34. The van der Waals surface area contributed by atoms with Crippen molar-refractivity contribution in [2.24, 2.45) is 5.73 Å². The molecule has 4 rings (SSSR count). The molecule has 6 heteroatoms. The lowest BCUT2D eigenvalue weighted by molar-refractivity contribution is 0.200. The Balaban J connectivity index is 1.69. The van der Waals surface area contributed by atoms with E-state index in [-0.39, 0.29) is 23.5 Å². The predicted octanol–water partition coefficient (Wildman–Crippen LogP) is 3.58. The van der Waals surface area contributed by atoms with E-state index < -0.39 is 0 Å². The van der Waals surface area contributed by atoms with Gasteiger partial charge in [0.1, 0.15) is 0 Å². The maximum atomic E-state index is 6.34. The summed E-state index contributed by atoms with van der Waals surface area (Å²) in [5.74, 6) is 8.65. The Kier molecular flexibility index (Phi) is 6.10. The van der Waals surface area contributed by atoms with Gasteiger partial charge in [0.2, 0.25) is 5.95 Å². The van der Waals surface area contributed by atoms with E-state index in [0.717, 1.165) is 61.2 Å². The summed E-state index contributed by atoms with van der Waals surface area (Å²) in [6, 6.07) is 6.48. The Morgan fingerprint density at radius 1 is 1.03 bits per heavy atom. The van der Waals surface area contributed by atoms with Gasteiger partial charge in [0.25, 0.3) is 0 Å². The van der Waals surface area contributed by atoms with Crippen molar-refractivity contribution in [3.8, 4) is 23.3 Å². The van der Waals surface area contributed by atoms with Gasteiger partial charge in [0, 0.05) is 18.4 Å². The van der Waals surface area contributed by atoms with Gasteiger partial charge < -0.3 is 20.9 Å². The lowest BCUT2D eigenvalue weighted by Gasteiger charge is -2.36. The Morgan fingerprint density at radius 2 is 1.73 bits per heavy atom. The summed E-state index contributed by atoms with van der Waals surface area (Å²) in [6.45, 7) is 0. The highest BCUT2D eigenvalue weighted by Gasteiger charge is 2.35. The molecule has 0 atom stereocenters. The first-order valence-corrected chi connectivity index (χ1v) is 10.8. The van der Waals surface area contributed by atoms with Gasteiger partial charge >= 0.3 is 0 Å². The third-order valence-corrected chi connectivity index (χ3v) is 6.31. The molecule has 1 aromatic heterocycles. The fraction of sp³-hybridized carbons (Fsp3) is 0.500. The van der Waals surface area contributed by atoms with E-state index in [9.17, 15) is 0 Å². The van der Waals surface area contributed by atoms with Crippen LogP contribution >= 0.6 is 0 Å². The smallest absolute Gasteiger partial charge is 0.219 e. The van der Waals surface area contributed by atoms with E-state index in [1.165, 1.54) is 12.8 Å². The number of anilines is 1. The summed E-state index contributed by atoms with van der Waals surface area (Å²) < 4.78 is 11.9. The first kappa shape index (κ1) is 20.5. The first-order valence-electron chi connectivity index (χ1n) is 10.8. The Morgan fingerprint density at radius 3 is 2.40 bits per heavy atom. The van der Waals surface area contributed by atoms with Crippen molar-refractivity contribution < 1.29 is 9.47 Å². The number of rotatable bonds is 4. The minimum absolute atomic E-state index is 0.229. The molecule has 0 bridgehead atoms. The van der Waals surface area contributed by atoms with Gasteiger partial charge in [0.15, 0.2) is 11.5 Å². The van der Waals surface area contributed by atoms with E-state index in [4.69, 9.17) is 20.9 Å². The average Bonchev–Trinajstić information content (AvgIpc) is 3.28. The standard InChI is InChI=1S/C24H30N4O2/c1-29-21-7-6-18(14-22(21)30-20-4-2-3-5-20)24(12-9-19(25)10-13-24)11-8-17-15-27-23(26)28-16-17/h6-7,14-16,19-20H,2-5,9-10,12-13,25H2,1H3,(H2,26,27,28)/t19-,24+. The van der Waals surface area contributed by atoms with Gasteiger partial charge in [-0.3, -0.25) is 0 Å². The van der Waals surface area contributed by atoms with Crippen molar-refractivity contribution in [2.75, 3.05) is 12.8 Å². The molecule has 2 fully saturated rings. The molecule has 2 aliphatic carbocycles. The van der Waals surface area contributed by atoms with Gasteiger partial charge in [-0.2, -0.15) is 0 Å². The molecule has 0 aliphatic heterocycles. The van der Waals surface area contributed by atoms with Crippen LogP contribution in [0.4, 0.5) is 5.95 Å². The molecular formula is C24H30N4O2.